The fraction of sp³-hybridized carbons (Fsp3) is 0.323. The van der Waals surface area contributed by atoms with Gasteiger partial charge in [-0.05, 0) is 87.1 Å². The van der Waals surface area contributed by atoms with Gasteiger partial charge in [0.05, 0.1) is 0 Å². The molecule has 0 unspecified atom stereocenters. The summed E-state index contributed by atoms with van der Waals surface area (Å²) in [6.45, 7) is 1.16. The third-order valence-electron chi connectivity index (χ3n) is 6.36. The molecule has 0 N–H and O–H groups in total. The van der Waals surface area contributed by atoms with E-state index in [0.29, 0.717) is 12.2 Å². The van der Waals surface area contributed by atoms with Gasteiger partial charge < -0.3 is 9.64 Å². The molecule has 0 saturated heterocycles. The summed E-state index contributed by atoms with van der Waals surface area (Å²) in [5.41, 5.74) is 5.91. The van der Waals surface area contributed by atoms with Gasteiger partial charge >= 0.3 is 0 Å². The van der Waals surface area contributed by atoms with Crippen LogP contribution in [-0.2, 0) is 17.6 Å². The van der Waals surface area contributed by atoms with Gasteiger partial charge in [0.15, 0.2) is 5.78 Å². The number of ether oxygens (including phenoxy) is 1. The SMILES string of the molecule is CN(C)CCCCCc1ccc(-c2cccc(OC3=CC(=O)CCCc4ccccc43)c2)cc1. The minimum absolute atomic E-state index is 0.123. The van der Waals surface area contributed by atoms with Crippen LogP contribution in [0.25, 0.3) is 16.9 Å². The topological polar surface area (TPSA) is 29.5 Å². The molecule has 3 aromatic carbocycles. The molecular formula is C31H35NO2. The van der Waals surface area contributed by atoms with Crippen LogP contribution in [0.3, 0.4) is 0 Å². The smallest absolute Gasteiger partial charge is 0.159 e. The van der Waals surface area contributed by atoms with Crippen molar-refractivity contribution in [3.8, 4) is 16.9 Å². The van der Waals surface area contributed by atoms with Crippen LogP contribution in [0.15, 0.2) is 78.9 Å². The molecule has 3 heteroatoms. The van der Waals surface area contributed by atoms with E-state index >= 15 is 0 Å². The molecule has 34 heavy (non-hydrogen) atoms. The van der Waals surface area contributed by atoms with Gasteiger partial charge in [0.25, 0.3) is 0 Å². The van der Waals surface area contributed by atoms with Gasteiger partial charge in [-0.25, -0.2) is 0 Å². The lowest BCUT2D eigenvalue weighted by molar-refractivity contribution is -0.114. The highest BCUT2D eigenvalue weighted by molar-refractivity contribution is 5.96. The average molecular weight is 454 g/mol. The van der Waals surface area contributed by atoms with Crippen molar-refractivity contribution in [2.75, 3.05) is 20.6 Å². The normalized spacial score (nSPS) is 13.7. The third kappa shape index (κ3) is 6.68. The first-order valence-electron chi connectivity index (χ1n) is 12.4. The van der Waals surface area contributed by atoms with Crippen molar-refractivity contribution in [1.82, 2.24) is 4.90 Å². The lowest BCUT2D eigenvalue weighted by Crippen LogP contribution is -2.12. The van der Waals surface area contributed by atoms with Crippen LogP contribution in [-0.4, -0.2) is 31.3 Å². The van der Waals surface area contributed by atoms with Gasteiger partial charge in [0.1, 0.15) is 11.5 Å². The number of fused-ring (bicyclic) bond motifs is 1. The number of unbranched alkanes of at least 4 members (excludes halogenated alkanes) is 2. The van der Waals surface area contributed by atoms with E-state index in [4.69, 9.17) is 4.74 Å². The summed E-state index contributed by atoms with van der Waals surface area (Å²) in [6, 6.07) is 25.2. The number of carbonyl (C=O) groups excluding carboxylic acids is 1. The number of carbonyl (C=O) groups is 1. The number of benzene rings is 3. The summed E-state index contributed by atoms with van der Waals surface area (Å²) in [4.78, 5) is 14.6. The molecule has 3 aromatic rings. The molecule has 1 aliphatic carbocycles. The summed E-state index contributed by atoms with van der Waals surface area (Å²) in [6.07, 6.45) is 8.86. The predicted octanol–water partition coefficient (Wildman–Crippen LogP) is 6.95. The van der Waals surface area contributed by atoms with E-state index in [1.165, 1.54) is 36.0 Å². The van der Waals surface area contributed by atoms with Gasteiger partial charge in [-0.15, -0.1) is 0 Å². The van der Waals surface area contributed by atoms with Crippen molar-refractivity contribution in [1.29, 1.82) is 0 Å². The van der Waals surface area contributed by atoms with E-state index in [1.54, 1.807) is 6.08 Å². The van der Waals surface area contributed by atoms with Crippen LogP contribution >= 0.6 is 0 Å². The Hall–Kier alpha value is -3.17. The van der Waals surface area contributed by atoms with E-state index in [-0.39, 0.29) is 5.78 Å². The number of ketones is 1. The van der Waals surface area contributed by atoms with Crippen molar-refractivity contribution in [2.45, 2.75) is 44.9 Å². The maximum absolute atomic E-state index is 12.3. The molecule has 0 radical (unpaired) electrons. The number of rotatable bonds is 9. The highest BCUT2D eigenvalue weighted by Gasteiger charge is 2.15. The Morgan fingerprint density at radius 2 is 1.65 bits per heavy atom. The molecule has 0 saturated carbocycles. The zero-order chi connectivity index (χ0) is 23.8. The first-order chi connectivity index (χ1) is 16.6. The number of hydrogen-bond acceptors (Lipinski definition) is 3. The highest BCUT2D eigenvalue weighted by atomic mass is 16.5. The average Bonchev–Trinajstić information content (AvgIpc) is 2.83. The maximum atomic E-state index is 12.3. The molecule has 176 valence electrons. The first-order valence-corrected chi connectivity index (χ1v) is 12.4. The quantitative estimate of drug-likeness (QED) is 0.328. The minimum Gasteiger partial charge on any atom is -0.457 e. The molecule has 0 aromatic heterocycles. The fourth-order valence-corrected chi connectivity index (χ4v) is 4.48. The second-order valence-corrected chi connectivity index (χ2v) is 9.43. The first kappa shape index (κ1) is 24.0. The van der Waals surface area contributed by atoms with Crippen molar-refractivity contribution >= 4 is 11.5 Å². The number of allylic oxidation sites excluding steroid dienone is 1. The molecule has 3 nitrogen and oxygen atoms in total. The summed E-state index contributed by atoms with van der Waals surface area (Å²) in [5.74, 6) is 1.51. The summed E-state index contributed by atoms with van der Waals surface area (Å²) in [5, 5.41) is 0. The number of aryl methyl sites for hydroxylation is 2. The van der Waals surface area contributed by atoms with Crippen LogP contribution < -0.4 is 4.74 Å². The lowest BCUT2D eigenvalue weighted by Gasteiger charge is -2.17. The van der Waals surface area contributed by atoms with Gasteiger partial charge in [0, 0.05) is 18.1 Å². The largest absolute Gasteiger partial charge is 0.457 e. The second kappa shape index (κ2) is 11.8. The van der Waals surface area contributed by atoms with E-state index < -0.39 is 0 Å². The predicted molar refractivity (Wildman–Crippen MR) is 141 cm³/mol. The molecular weight excluding hydrogens is 418 g/mol. The standard InChI is InChI=1S/C31H35NO2/c1-32(2)21-7-3-4-10-24-17-19-25(20-18-24)27-13-9-15-29(22-27)34-31-23-28(33)14-8-12-26-11-5-6-16-30(26)31/h5-6,9,11,13,15-20,22-23H,3-4,7-8,10,12,14,21H2,1-2H3. The second-order valence-electron chi connectivity index (χ2n) is 9.43. The fourth-order valence-electron chi connectivity index (χ4n) is 4.48. The van der Waals surface area contributed by atoms with Gasteiger partial charge in [-0.2, -0.15) is 0 Å². The monoisotopic (exact) mass is 453 g/mol. The Morgan fingerprint density at radius 1 is 0.824 bits per heavy atom. The Balaban J connectivity index is 1.45. The summed E-state index contributed by atoms with van der Waals surface area (Å²) in [7, 11) is 4.26. The Bertz CT molecular complexity index is 1130. The van der Waals surface area contributed by atoms with E-state index in [9.17, 15) is 4.79 Å². The molecule has 0 aliphatic heterocycles. The molecule has 0 spiro atoms. The molecule has 1 aliphatic rings. The zero-order valence-electron chi connectivity index (χ0n) is 20.4. The van der Waals surface area contributed by atoms with Crippen molar-refractivity contribution < 1.29 is 9.53 Å². The van der Waals surface area contributed by atoms with Crippen LogP contribution in [0.4, 0.5) is 0 Å². The zero-order valence-corrected chi connectivity index (χ0v) is 20.4. The molecule has 0 amide bonds. The van der Waals surface area contributed by atoms with Crippen LogP contribution in [0.1, 0.15) is 48.8 Å². The van der Waals surface area contributed by atoms with Crippen molar-refractivity contribution in [3.05, 3.63) is 95.6 Å². The number of nitrogens with zero attached hydrogens (tertiary/aromatic N) is 1. The van der Waals surface area contributed by atoms with Crippen molar-refractivity contribution in [3.63, 3.8) is 0 Å². The molecule has 0 bridgehead atoms. The molecule has 0 atom stereocenters. The Kier molecular flexibility index (Phi) is 8.32. The van der Waals surface area contributed by atoms with Gasteiger partial charge in [-0.1, -0.05) is 67.1 Å². The van der Waals surface area contributed by atoms with Gasteiger partial charge in [-0.3, -0.25) is 4.79 Å². The van der Waals surface area contributed by atoms with Crippen LogP contribution in [0.2, 0.25) is 0 Å². The summed E-state index contributed by atoms with van der Waals surface area (Å²) < 4.78 is 6.30. The van der Waals surface area contributed by atoms with Crippen LogP contribution in [0.5, 0.6) is 5.75 Å². The highest BCUT2D eigenvalue weighted by Crippen LogP contribution is 2.30. The molecule has 4 rings (SSSR count). The van der Waals surface area contributed by atoms with Crippen LogP contribution in [0, 0.1) is 0 Å². The summed E-state index contributed by atoms with van der Waals surface area (Å²) >= 11 is 0. The molecule has 0 fully saturated rings. The van der Waals surface area contributed by atoms with E-state index in [0.717, 1.165) is 42.7 Å². The molecule has 0 heterocycles. The van der Waals surface area contributed by atoms with Crippen molar-refractivity contribution in [2.24, 2.45) is 0 Å². The minimum atomic E-state index is 0.123. The maximum Gasteiger partial charge on any atom is 0.159 e. The van der Waals surface area contributed by atoms with E-state index in [2.05, 4.69) is 61.5 Å². The Morgan fingerprint density at radius 3 is 2.47 bits per heavy atom. The third-order valence-corrected chi connectivity index (χ3v) is 6.36. The Labute approximate surface area is 204 Å². The lowest BCUT2D eigenvalue weighted by atomic mass is 9.96. The van der Waals surface area contributed by atoms with E-state index in [1.807, 2.05) is 30.3 Å². The number of hydrogen-bond donors (Lipinski definition) is 0. The van der Waals surface area contributed by atoms with Gasteiger partial charge in [0.2, 0.25) is 0 Å².